The van der Waals surface area contributed by atoms with E-state index in [9.17, 15) is 8.78 Å². The largest absolute Gasteiger partial charge is 0.328 e. The van der Waals surface area contributed by atoms with Crippen LogP contribution in [0.5, 0.6) is 0 Å². The highest BCUT2D eigenvalue weighted by atomic mass is 19.1. The van der Waals surface area contributed by atoms with Gasteiger partial charge in [-0.2, -0.15) is 0 Å². The molecule has 0 amide bonds. The molecular weight excluding hydrogens is 208 g/mol. The lowest BCUT2D eigenvalue weighted by Crippen LogP contribution is -2.21. The fourth-order valence-corrected chi connectivity index (χ4v) is 2.66. The summed E-state index contributed by atoms with van der Waals surface area (Å²) in [6, 6.07) is 4.04. The van der Waals surface area contributed by atoms with Gasteiger partial charge in [0.1, 0.15) is 11.6 Å². The Bertz CT molecular complexity index is 392. The predicted octanol–water partition coefficient (Wildman–Crippen LogP) is 3.02. The third kappa shape index (κ3) is 2.40. The molecule has 1 aliphatic carbocycles. The number of nitrogens with two attached hydrogens (primary N) is 1. The van der Waals surface area contributed by atoms with Crippen LogP contribution in [0.15, 0.2) is 18.2 Å². The molecule has 0 spiro atoms. The lowest BCUT2D eigenvalue weighted by Gasteiger charge is -2.24. The Morgan fingerprint density at radius 2 is 2.19 bits per heavy atom. The molecule has 1 saturated carbocycles. The van der Waals surface area contributed by atoms with Crippen molar-refractivity contribution in [2.75, 3.05) is 0 Å². The SMILES string of the molecule is CC1(Cc2ccc(F)cc2F)CCC(N)C1. The zero-order valence-corrected chi connectivity index (χ0v) is 9.47. The van der Waals surface area contributed by atoms with Crippen LogP contribution in [-0.2, 0) is 6.42 Å². The first kappa shape index (κ1) is 11.5. The van der Waals surface area contributed by atoms with Crippen LogP contribution in [0.2, 0.25) is 0 Å². The van der Waals surface area contributed by atoms with Crippen LogP contribution in [0.3, 0.4) is 0 Å². The van der Waals surface area contributed by atoms with Gasteiger partial charge in [0.05, 0.1) is 0 Å². The molecule has 88 valence electrons. The van der Waals surface area contributed by atoms with E-state index in [0.717, 1.165) is 25.3 Å². The first-order chi connectivity index (χ1) is 7.48. The van der Waals surface area contributed by atoms with Crippen molar-refractivity contribution >= 4 is 0 Å². The van der Waals surface area contributed by atoms with Crippen molar-refractivity contribution in [2.24, 2.45) is 11.1 Å². The van der Waals surface area contributed by atoms with Gasteiger partial charge >= 0.3 is 0 Å². The zero-order chi connectivity index (χ0) is 11.8. The van der Waals surface area contributed by atoms with Crippen LogP contribution in [0.1, 0.15) is 31.7 Å². The van der Waals surface area contributed by atoms with Crippen LogP contribution < -0.4 is 5.73 Å². The quantitative estimate of drug-likeness (QED) is 0.822. The highest BCUT2D eigenvalue weighted by Crippen LogP contribution is 2.40. The number of hydrogen-bond donors (Lipinski definition) is 1. The Balaban J connectivity index is 2.14. The van der Waals surface area contributed by atoms with Gasteiger partial charge in [-0.05, 0) is 42.7 Å². The van der Waals surface area contributed by atoms with Gasteiger partial charge in [0.15, 0.2) is 0 Å². The van der Waals surface area contributed by atoms with Crippen LogP contribution in [0.4, 0.5) is 8.78 Å². The van der Waals surface area contributed by atoms with Crippen molar-refractivity contribution in [2.45, 2.75) is 38.6 Å². The summed E-state index contributed by atoms with van der Waals surface area (Å²) in [5, 5.41) is 0. The Morgan fingerprint density at radius 3 is 2.75 bits per heavy atom. The summed E-state index contributed by atoms with van der Waals surface area (Å²) in [7, 11) is 0. The Labute approximate surface area is 94.7 Å². The predicted molar refractivity (Wildman–Crippen MR) is 60.0 cm³/mol. The van der Waals surface area contributed by atoms with Gasteiger partial charge in [-0.15, -0.1) is 0 Å². The molecule has 2 rings (SSSR count). The lowest BCUT2D eigenvalue weighted by atomic mass is 9.82. The summed E-state index contributed by atoms with van der Waals surface area (Å²) in [6.45, 7) is 2.13. The molecule has 1 nitrogen and oxygen atoms in total. The van der Waals surface area contributed by atoms with Crippen LogP contribution >= 0.6 is 0 Å². The number of hydrogen-bond acceptors (Lipinski definition) is 1. The highest BCUT2D eigenvalue weighted by Gasteiger charge is 2.33. The molecular formula is C13H17F2N. The molecule has 1 aromatic rings. The molecule has 1 aromatic carbocycles. The zero-order valence-electron chi connectivity index (χ0n) is 9.47. The second-order valence-electron chi connectivity index (χ2n) is 5.23. The molecule has 16 heavy (non-hydrogen) atoms. The van der Waals surface area contributed by atoms with E-state index in [1.165, 1.54) is 6.07 Å². The second-order valence-corrected chi connectivity index (χ2v) is 5.23. The van der Waals surface area contributed by atoms with Gasteiger partial charge in [0.2, 0.25) is 0 Å². The van der Waals surface area contributed by atoms with E-state index in [0.29, 0.717) is 12.0 Å². The van der Waals surface area contributed by atoms with Gasteiger partial charge < -0.3 is 5.73 Å². The molecule has 2 atom stereocenters. The Kier molecular flexibility index (Phi) is 2.98. The van der Waals surface area contributed by atoms with Crippen molar-refractivity contribution in [3.63, 3.8) is 0 Å². The normalized spacial score (nSPS) is 29.6. The van der Waals surface area contributed by atoms with Gasteiger partial charge in [-0.1, -0.05) is 13.0 Å². The van der Waals surface area contributed by atoms with Crippen LogP contribution in [0.25, 0.3) is 0 Å². The van der Waals surface area contributed by atoms with E-state index in [4.69, 9.17) is 5.73 Å². The average Bonchev–Trinajstić information content (AvgIpc) is 2.52. The summed E-state index contributed by atoms with van der Waals surface area (Å²) in [5.41, 5.74) is 6.54. The smallest absolute Gasteiger partial charge is 0.129 e. The third-order valence-electron chi connectivity index (χ3n) is 3.51. The molecule has 0 heterocycles. The van der Waals surface area contributed by atoms with E-state index in [-0.39, 0.29) is 11.5 Å². The molecule has 0 bridgehead atoms. The minimum Gasteiger partial charge on any atom is -0.328 e. The van der Waals surface area contributed by atoms with Gasteiger partial charge in [-0.25, -0.2) is 8.78 Å². The molecule has 0 aliphatic heterocycles. The number of rotatable bonds is 2. The van der Waals surface area contributed by atoms with E-state index in [1.54, 1.807) is 6.07 Å². The average molecular weight is 225 g/mol. The summed E-state index contributed by atoms with van der Waals surface area (Å²) < 4.78 is 26.3. The van der Waals surface area contributed by atoms with Crippen LogP contribution in [0, 0.1) is 17.0 Å². The molecule has 2 N–H and O–H groups in total. The number of benzene rings is 1. The maximum Gasteiger partial charge on any atom is 0.129 e. The molecule has 0 saturated heterocycles. The van der Waals surface area contributed by atoms with Crippen molar-refractivity contribution < 1.29 is 8.78 Å². The first-order valence-corrected chi connectivity index (χ1v) is 5.68. The second kappa shape index (κ2) is 4.13. The van der Waals surface area contributed by atoms with Crippen molar-refractivity contribution in [3.05, 3.63) is 35.4 Å². The van der Waals surface area contributed by atoms with Crippen molar-refractivity contribution in [1.82, 2.24) is 0 Å². The van der Waals surface area contributed by atoms with Gasteiger partial charge in [0, 0.05) is 12.1 Å². The fraction of sp³-hybridized carbons (Fsp3) is 0.538. The van der Waals surface area contributed by atoms with Crippen LogP contribution in [-0.4, -0.2) is 6.04 Å². The lowest BCUT2D eigenvalue weighted by molar-refractivity contribution is 0.324. The molecule has 3 heteroatoms. The first-order valence-electron chi connectivity index (χ1n) is 5.68. The molecule has 2 unspecified atom stereocenters. The van der Waals surface area contributed by atoms with Gasteiger partial charge in [-0.3, -0.25) is 0 Å². The summed E-state index contributed by atoms with van der Waals surface area (Å²) in [5.74, 6) is -0.962. The monoisotopic (exact) mass is 225 g/mol. The minimum atomic E-state index is -0.519. The highest BCUT2D eigenvalue weighted by molar-refractivity contribution is 5.20. The minimum absolute atomic E-state index is 0.0675. The molecule has 1 aliphatic rings. The fourth-order valence-electron chi connectivity index (χ4n) is 2.66. The molecule has 1 fully saturated rings. The molecule has 0 radical (unpaired) electrons. The van der Waals surface area contributed by atoms with Crippen molar-refractivity contribution in [3.8, 4) is 0 Å². The van der Waals surface area contributed by atoms with E-state index < -0.39 is 11.6 Å². The van der Waals surface area contributed by atoms with E-state index in [1.807, 2.05) is 0 Å². The van der Waals surface area contributed by atoms with E-state index in [2.05, 4.69) is 6.92 Å². The Hall–Kier alpha value is -0.960. The van der Waals surface area contributed by atoms with E-state index >= 15 is 0 Å². The summed E-state index contributed by atoms with van der Waals surface area (Å²) >= 11 is 0. The van der Waals surface area contributed by atoms with Crippen molar-refractivity contribution in [1.29, 1.82) is 0 Å². The maximum atomic E-state index is 13.5. The summed E-state index contributed by atoms with van der Waals surface area (Å²) in [4.78, 5) is 0. The number of halogens is 2. The Morgan fingerprint density at radius 1 is 1.44 bits per heavy atom. The molecule has 0 aromatic heterocycles. The maximum absolute atomic E-state index is 13.5. The standard InChI is InChI=1S/C13H17F2N/c1-13(5-4-11(16)8-13)7-9-2-3-10(14)6-12(9)15/h2-3,6,11H,4-5,7-8,16H2,1H3. The topological polar surface area (TPSA) is 26.0 Å². The summed E-state index contributed by atoms with van der Waals surface area (Å²) in [6.07, 6.45) is 3.58. The third-order valence-corrected chi connectivity index (χ3v) is 3.51. The van der Waals surface area contributed by atoms with Gasteiger partial charge in [0.25, 0.3) is 0 Å².